The van der Waals surface area contributed by atoms with E-state index in [-0.39, 0.29) is 11.8 Å². The molecule has 0 bridgehead atoms. The summed E-state index contributed by atoms with van der Waals surface area (Å²) in [6, 6.07) is 7.14. The van der Waals surface area contributed by atoms with Crippen molar-refractivity contribution in [3.05, 3.63) is 41.5 Å². The minimum atomic E-state index is -0.286. The van der Waals surface area contributed by atoms with Crippen LogP contribution in [0.2, 0.25) is 0 Å². The highest BCUT2D eigenvalue weighted by Crippen LogP contribution is 2.23. The van der Waals surface area contributed by atoms with Crippen LogP contribution in [-0.2, 0) is 13.0 Å². The van der Waals surface area contributed by atoms with Crippen LogP contribution in [0.3, 0.4) is 0 Å². The Bertz CT molecular complexity index is 842. The number of ether oxygens (including phenoxy) is 1. The lowest BCUT2D eigenvalue weighted by Crippen LogP contribution is -2.31. The largest absolute Gasteiger partial charge is 0.497 e. The molecule has 1 aliphatic rings. The normalized spacial score (nSPS) is 13.0. The van der Waals surface area contributed by atoms with Crippen molar-refractivity contribution in [1.82, 2.24) is 14.5 Å². The highest BCUT2D eigenvalue weighted by molar-refractivity contribution is 6.05. The van der Waals surface area contributed by atoms with Gasteiger partial charge in [-0.25, -0.2) is 4.98 Å². The third kappa shape index (κ3) is 4.18. The standard InChI is InChI=1S/C21H28N4O3/c1-4-5-13-24(2)21(27)19-23-18(17-8-6-7-14-25(17)19)20(26)22-15-9-11-16(28-3)12-10-15/h9-12H,4-8,13-14H2,1-3H3,(H,22,26). The van der Waals surface area contributed by atoms with Gasteiger partial charge in [0.1, 0.15) is 5.75 Å². The van der Waals surface area contributed by atoms with Gasteiger partial charge in [-0.05, 0) is 49.9 Å². The fourth-order valence-electron chi connectivity index (χ4n) is 3.42. The Morgan fingerprint density at radius 1 is 1.25 bits per heavy atom. The predicted molar refractivity (Wildman–Crippen MR) is 108 cm³/mol. The number of imidazole rings is 1. The van der Waals surface area contributed by atoms with Gasteiger partial charge in [0.15, 0.2) is 11.5 Å². The first-order valence-electron chi connectivity index (χ1n) is 9.85. The molecule has 0 atom stereocenters. The van der Waals surface area contributed by atoms with E-state index in [1.807, 2.05) is 4.57 Å². The number of hydrogen-bond donors (Lipinski definition) is 1. The van der Waals surface area contributed by atoms with Gasteiger partial charge in [-0.3, -0.25) is 9.59 Å². The Hall–Kier alpha value is -2.83. The van der Waals surface area contributed by atoms with Crippen LogP contribution in [0.4, 0.5) is 5.69 Å². The summed E-state index contributed by atoms with van der Waals surface area (Å²) in [5, 5.41) is 2.88. The minimum absolute atomic E-state index is 0.125. The van der Waals surface area contributed by atoms with Gasteiger partial charge in [-0.1, -0.05) is 13.3 Å². The summed E-state index contributed by atoms with van der Waals surface area (Å²) >= 11 is 0. The molecule has 2 amide bonds. The van der Waals surface area contributed by atoms with E-state index in [0.29, 0.717) is 23.8 Å². The molecule has 3 rings (SSSR count). The molecule has 1 aliphatic heterocycles. The molecule has 0 fully saturated rings. The van der Waals surface area contributed by atoms with E-state index < -0.39 is 0 Å². The Morgan fingerprint density at radius 3 is 2.68 bits per heavy atom. The van der Waals surface area contributed by atoms with Crippen molar-refractivity contribution in [2.75, 3.05) is 26.0 Å². The number of aromatic nitrogens is 2. The summed E-state index contributed by atoms with van der Waals surface area (Å²) in [7, 11) is 3.39. The Kier molecular flexibility index (Phi) is 6.34. The number of benzene rings is 1. The van der Waals surface area contributed by atoms with E-state index >= 15 is 0 Å². The molecule has 0 saturated carbocycles. The van der Waals surface area contributed by atoms with Crippen molar-refractivity contribution in [3.63, 3.8) is 0 Å². The van der Waals surface area contributed by atoms with Crippen LogP contribution in [0.1, 0.15) is 59.4 Å². The number of carbonyl (C=O) groups excluding carboxylic acids is 2. The smallest absolute Gasteiger partial charge is 0.289 e. The van der Waals surface area contributed by atoms with Gasteiger partial charge in [-0.15, -0.1) is 0 Å². The third-order valence-electron chi connectivity index (χ3n) is 5.07. The van der Waals surface area contributed by atoms with Gasteiger partial charge in [-0.2, -0.15) is 0 Å². The molecular weight excluding hydrogens is 356 g/mol. The van der Waals surface area contributed by atoms with Gasteiger partial charge in [0.2, 0.25) is 0 Å². The number of nitrogens with zero attached hydrogens (tertiary/aromatic N) is 3. The molecule has 2 heterocycles. The monoisotopic (exact) mass is 384 g/mol. The number of anilines is 1. The van der Waals surface area contributed by atoms with Crippen LogP contribution in [0, 0.1) is 0 Å². The second-order valence-electron chi connectivity index (χ2n) is 7.10. The van der Waals surface area contributed by atoms with E-state index in [1.165, 1.54) is 0 Å². The Balaban J connectivity index is 1.85. The molecule has 0 spiro atoms. The van der Waals surface area contributed by atoms with Crippen molar-refractivity contribution in [1.29, 1.82) is 0 Å². The predicted octanol–water partition coefficient (Wildman–Crippen LogP) is 3.35. The van der Waals surface area contributed by atoms with Gasteiger partial charge < -0.3 is 19.5 Å². The first-order chi connectivity index (χ1) is 13.5. The number of carbonyl (C=O) groups is 2. The molecule has 0 saturated heterocycles. The van der Waals surface area contributed by atoms with Crippen LogP contribution < -0.4 is 10.1 Å². The zero-order chi connectivity index (χ0) is 20.1. The van der Waals surface area contributed by atoms with E-state index in [9.17, 15) is 9.59 Å². The maximum absolute atomic E-state index is 12.9. The summed E-state index contributed by atoms with van der Waals surface area (Å²) < 4.78 is 7.07. The van der Waals surface area contributed by atoms with Crippen LogP contribution in [0.15, 0.2) is 24.3 Å². The molecule has 7 nitrogen and oxygen atoms in total. The number of nitrogens with one attached hydrogen (secondary N) is 1. The van der Waals surface area contributed by atoms with Gasteiger partial charge >= 0.3 is 0 Å². The zero-order valence-electron chi connectivity index (χ0n) is 16.8. The number of rotatable bonds is 7. The molecule has 0 aliphatic carbocycles. The number of hydrogen-bond acceptors (Lipinski definition) is 4. The first kappa shape index (κ1) is 19.9. The van der Waals surface area contributed by atoms with Crippen LogP contribution in [-0.4, -0.2) is 47.0 Å². The average molecular weight is 384 g/mol. The number of unbranched alkanes of at least 4 members (excludes halogenated alkanes) is 1. The lowest BCUT2D eigenvalue weighted by Gasteiger charge is -2.20. The molecule has 150 valence electrons. The second-order valence-corrected chi connectivity index (χ2v) is 7.10. The number of amides is 2. The Morgan fingerprint density at radius 2 is 2.00 bits per heavy atom. The summed E-state index contributed by atoms with van der Waals surface area (Å²) in [5.74, 6) is 0.680. The van der Waals surface area contributed by atoms with E-state index in [0.717, 1.165) is 50.1 Å². The molecule has 1 aromatic carbocycles. The minimum Gasteiger partial charge on any atom is -0.497 e. The lowest BCUT2D eigenvalue weighted by atomic mass is 10.1. The summed E-state index contributed by atoms with van der Waals surface area (Å²) in [4.78, 5) is 31.9. The van der Waals surface area contributed by atoms with E-state index in [1.54, 1.807) is 43.3 Å². The van der Waals surface area contributed by atoms with Crippen LogP contribution in [0.25, 0.3) is 0 Å². The Labute approximate surface area is 165 Å². The van der Waals surface area contributed by atoms with Crippen molar-refractivity contribution in [3.8, 4) is 5.75 Å². The fourth-order valence-corrected chi connectivity index (χ4v) is 3.42. The van der Waals surface area contributed by atoms with E-state index in [2.05, 4.69) is 17.2 Å². The first-order valence-corrected chi connectivity index (χ1v) is 9.85. The summed E-state index contributed by atoms with van der Waals surface area (Å²) in [6.07, 6.45) is 4.70. The highest BCUT2D eigenvalue weighted by atomic mass is 16.5. The van der Waals surface area contributed by atoms with Crippen molar-refractivity contribution in [2.45, 2.75) is 45.6 Å². The maximum Gasteiger partial charge on any atom is 0.289 e. The average Bonchev–Trinajstić information content (AvgIpc) is 3.11. The quantitative estimate of drug-likeness (QED) is 0.794. The molecule has 7 heteroatoms. The molecule has 0 unspecified atom stereocenters. The van der Waals surface area contributed by atoms with Crippen molar-refractivity contribution >= 4 is 17.5 Å². The third-order valence-corrected chi connectivity index (χ3v) is 5.07. The molecule has 1 aromatic heterocycles. The van der Waals surface area contributed by atoms with Gasteiger partial charge in [0, 0.05) is 25.8 Å². The molecular formula is C21H28N4O3. The topological polar surface area (TPSA) is 76.5 Å². The maximum atomic E-state index is 12.9. The van der Waals surface area contributed by atoms with Gasteiger partial charge in [0.05, 0.1) is 12.8 Å². The fraction of sp³-hybridized carbons (Fsp3) is 0.476. The summed E-state index contributed by atoms with van der Waals surface area (Å²) in [6.45, 7) is 3.50. The SMILES string of the molecule is CCCCN(C)C(=O)c1nc(C(=O)Nc2ccc(OC)cc2)c2n1CCCC2. The molecule has 0 radical (unpaired) electrons. The van der Waals surface area contributed by atoms with Crippen molar-refractivity contribution in [2.24, 2.45) is 0 Å². The zero-order valence-corrected chi connectivity index (χ0v) is 16.8. The second kappa shape index (κ2) is 8.91. The molecule has 28 heavy (non-hydrogen) atoms. The van der Waals surface area contributed by atoms with Crippen LogP contribution in [0.5, 0.6) is 5.75 Å². The van der Waals surface area contributed by atoms with Crippen LogP contribution >= 0.6 is 0 Å². The highest BCUT2D eigenvalue weighted by Gasteiger charge is 2.28. The summed E-state index contributed by atoms with van der Waals surface area (Å²) in [5.41, 5.74) is 1.86. The lowest BCUT2D eigenvalue weighted by molar-refractivity contribution is 0.0775. The van der Waals surface area contributed by atoms with Crippen molar-refractivity contribution < 1.29 is 14.3 Å². The number of methoxy groups -OCH3 is 1. The number of fused-ring (bicyclic) bond motifs is 1. The molecule has 1 N–H and O–H groups in total. The molecule has 2 aromatic rings. The van der Waals surface area contributed by atoms with E-state index in [4.69, 9.17) is 4.74 Å². The van der Waals surface area contributed by atoms with Gasteiger partial charge in [0.25, 0.3) is 11.8 Å².